The highest BCUT2D eigenvalue weighted by atomic mass is 35.5. The summed E-state index contributed by atoms with van der Waals surface area (Å²) in [5.74, 6) is 2.32. The van der Waals surface area contributed by atoms with Gasteiger partial charge in [0.25, 0.3) is 0 Å². The van der Waals surface area contributed by atoms with E-state index in [1.54, 1.807) is 17.1 Å². The SMILES string of the molecule is Cn1cc(-c2nc3ncc(Cl)c(NC4CC5CNCC5C4)c3[nH]2)cn1. The molecule has 7 nitrogen and oxygen atoms in total. The summed E-state index contributed by atoms with van der Waals surface area (Å²) in [6, 6.07) is 0.449. The second-order valence-corrected chi connectivity index (χ2v) is 7.57. The van der Waals surface area contributed by atoms with E-state index in [1.807, 2.05) is 13.2 Å². The number of halogens is 1. The molecule has 0 bridgehead atoms. The molecule has 130 valence electrons. The summed E-state index contributed by atoms with van der Waals surface area (Å²) in [5.41, 5.74) is 3.38. The number of hydrogen-bond acceptors (Lipinski definition) is 5. The standard InChI is InChI=1S/C17H20ClN7/c1-25-8-11(6-21-25)16-23-15-14(13(18)7-20-17(15)24-16)22-12-2-9-4-19-5-10(9)3-12/h6-10,12,19H,2-5H2,1H3,(H2,20,22,23,24). The molecule has 1 saturated heterocycles. The molecule has 5 rings (SSSR count). The van der Waals surface area contributed by atoms with Gasteiger partial charge in [0.15, 0.2) is 5.65 Å². The van der Waals surface area contributed by atoms with Gasteiger partial charge in [-0.1, -0.05) is 11.6 Å². The number of fused-ring (bicyclic) bond motifs is 2. The first kappa shape index (κ1) is 15.2. The number of aromatic amines is 1. The summed E-state index contributed by atoms with van der Waals surface area (Å²) in [5, 5.41) is 12.0. The minimum Gasteiger partial charge on any atom is -0.379 e. The number of hydrogen-bond donors (Lipinski definition) is 3. The minimum atomic E-state index is 0.449. The fourth-order valence-corrected chi connectivity index (χ4v) is 4.44. The number of rotatable bonds is 3. The fraction of sp³-hybridized carbons (Fsp3) is 0.471. The minimum absolute atomic E-state index is 0.449. The van der Waals surface area contributed by atoms with Crippen LogP contribution in [-0.4, -0.2) is 43.9 Å². The molecule has 1 aliphatic carbocycles. The molecular formula is C17H20ClN7. The van der Waals surface area contributed by atoms with Crippen LogP contribution in [0.5, 0.6) is 0 Å². The third kappa shape index (κ3) is 2.58. The van der Waals surface area contributed by atoms with Crippen LogP contribution >= 0.6 is 11.6 Å². The van der Waals surface area contributed by atoms with E-state index in [1.165, 1.54) is 12.8 Å². The van der Waals surface area contributed by atoms with Gasteiger partial charge in [0.1, 0.15) is 11.3 Å². The fourth-order valence-electron chi connectivity index (χ4n) is 4.24. The van der Waals surface area contributed by atoms with Crippen LogP contribution in [0.1, 0.15) is 12.8 Å². The van der Waals surface area contributed by atoms with Crippen molar-refractivity contribution < 1.29 is 0 Å². The predicted molar refractivity (Wildman–Crippen MR) is 97.6 cm³/mol. The van der Waals surface area contributed by atoms with E-state index in [9.17, 15) is 0 Å². The maximum atomic E-state index is 6.46. The van der Waals surface area contributed by atoms with Gasteiger partial charge < -0.3 is 15.6 Å². The summed E-state index contributed by atoms with van der Waals surface area (Å²) in [6.07, 6.45) is 7.76. The smallest absolute Gasteiger partial charge is 0.180 e. The van der Waals surface area contributed by atoms with Gasteiger partial charge in [0.05, 0.1) is 28.7 Å². The van der Waals surface area contributed by atoms with Crippen LogP contribution in [0.4, 0.5) is 5.69 Å². The van der Waals surface area contributed by atoms with Crippen molar-refractivity contribution in [1.82, 2.24) is 30.0 Å². The number of nitrogens with zero attached hydrogens (tertiary/aromatic N) is 4. The summed E-state index contributed by atoms with van der Waals surface area (Å²) in [6.45, 7) is 2.27. The largest absolute Gasteiger partial charge is 0.379 e. The van der Waals surface area contributed by atoms with Crippen molar-refractivity contribution in [2.75, 3.05) is 18.4 Å². The van der Waals surface area contributed by atoms with Crippen molar-refractivity contribution >= 4 is 28.5 Å². The molecule has 25 heavy (non-hydrogen) atoms. The van der Waals surface area contributed by atoms with Gasteiger partial charge in [-0.25, -0.2) is 9.97 Å². The van der Waals surface area contributed by atoms with Crippen LogP contribution in [0, 0.1) is 11.8 Å². The Morgan fingerprint density at radius 1 is 1.24 bits per heavy atom. The predicted octanol–water partition coefficient (Wildman–Crippen LogP) is 2.42. The molecule has 1 aliphatic heterocycles. The molecular weight excluding hydrogens is 338 g/mol. The van der Waals surface area contributed by atoms with Crippen molar-refractivity contribution in [2.24, 2.45) is 18.9 Å². The average Bonchev–Trinajstić information content (AvgIpc) is 3.32. The van der Waals surface area contributed by atoms with Crippen molar-refractivity contribution in [3.8, 4) is 11.4 Å². The van der Waals surface area contributed by atoms with Crippen molar-refractivity contribution in [1.29, 1.82) is 0 Å². The van der Waals surface area contributed by atoms with Gasteiger partial charge in [-0.3, -0.25) is 4.68 Å². The van der Waals surface area contributed by atoms with Crippen molar-refractivity contribution in [3.63, 3.8) is 0 Å². The Morgan fingerprint density at radius 2 is 2.04 bits per heavy atom. The average molecular weight is 358 g/mol. The second kappa shape index (κ2) is 5.71. The highest BCUT2D eigenvalue weighted by molar-refractivity contribution is 6.34. The normalized spacial score (nSPS) is 25.6. The number of anilines is 1. The second-order valence-electron chi connectivity index (χ2n) is 7.16. The molecule has 3 aromatic heterocycles. The number of H-pyrrole nitrogens is 1. The highest BCUT2D eigenvalue weighted by Gasteiger charge is 2.37. The maximum absolute atomic E-state index is 6.46. The first-order chi connectivity index (χ1) is 12.2. The van der Waals surface area contributed by atoms with Crippen LogP contribution in [0.15, 0.2) is 18.6 Å². The molecule has 0 radical (unpaired) electrons. The Hall–Kier alpha value is -2.12. The molecule has 2 atom stereocenters. The van der Waals surface area contributed by atoms with E-state index in [2.05, 4.69) is 30.7 Å². The molecule has 0 amide bonds. The number of pyridine rings is 1. The van der Waals surface area contributed by atoms with Crippen molar-refractivity contribution in [2.45, 2.75) is 18.9 Å². The molecule has 0 spiro atoms. The van der Waals surface area contributed by atoms with Gasteiger partial charge >= 0.3 is 0 Å². The monoisotopic (exact) mass is 357 g/mol. The lowest BCUT2D eigenvalue weighted by Crippen LogP contribution is -2.20. The van der Waals surface area contributed by atoms with Crippen LogP contribution in [0.25, 0.3) is 22.6 Å². The Labute approximate surface area is 150 Å². The van der Waals surface area contributed by atoms with E-state index in [0.717, 1.165) is 47.5 Å². The zero-order chi connectivity index (χ0) is 17.0. The number of nitrogens with one attached hydrogen (secondary N) is 3. The van der Waals surface area contributed by atoms with Gasteiger partial charge in [-0.05, 0) is 37.8 Å². The number of aryl methyl sites for hydroxylation is 1. The van der Waals surface area contributed by atoms with E-state index in [4.69, 9.17) is 11.6 Å². The van der Waals surface area contributed by atoms with Crippen LogP contribution < -0.4 is 10.6 Å². The summed E-state index contributed by atoms with van der Waals surface area (Å²) < 4.78 is 1.76. The van der Waals surface area contributed by atoms with E-state index in [0.29, 0.717) is 16.7 Å². The van der Waals surface area contributed by atoms with Gasteiger partial charge in [-0.2, -0.15) is 5.10 Å². The summed E-state index contributed by atoms with van der Waals surface area (Å²) in [4.78, 5) is 12.3. The van der Waals surface area contributed by atoms with E-state index in [-0.39, 0.29) is 0 Å². The Morgan fingerprint density at radius 3 is 2.76 bits per heavy atom. The van der Waals surface area contributed by atoms with Gasteiger partial charge in [0, 0.05) is 19.3 Å². The third-order valence-corrected chi connectivity index (χ3v) is 5.74. The maximum Gasteiger partial charge on any atom is 0.180 e. The zero-order valence-corrected chi connectivity index (χ0v) is 14.7. The lowest BCUT2D eigenvalue weighted by atomic mass is 10.0. The molecule has 3 aromatic rings. The van der Waals surface area contributed by atoms with Crippen LogP contribution in [-0.2, 0) is 7.05 Å². The van der Waals surface area contributed by atoms with Crippen molar-refractivity contribution in [3.05, 3.63) is 23.6 Å². The zero-order valence-electron chi connectivity index (χ0n) is 14.0. The van der Waals surface area contributed by atoms with Gasteiger partial charge in [-0.15, -0.1) is 0 Å². The summed E-state index contributed by atoms with van der Waals surface area (Å²) >= 11 is 6.46. The molecule has 4 heterocycles. The van der Waals surface area contributed by atoms with Gasteiger partial charge in [0.2, 0.25) is 0 Å². The summed E-state index contributed by atoms with van der Waals surface area (Å²) in [7, 11) is 1.89. The van der Waals surface area contributed by atoms with Crippen LogP contribution in [0.3, 0.4) is 0 Å². The molecule has 0 aromatic carbocycles. The molecule has 1 saturated carbocycles. The molecule has 8 heteroatoms. The van der Waals surface area contributed by atoms with E-state index >= 15 is 0 Å². The Bertz CT molecular complexity index is 918. The first-order valence-electron chi connectivity index (χ1n) is 8.68. The molecule has 2 unspecified atom stereocenters. The quantitative estimate of drug-likeness (QED) is 0.670. The van der Waals surface area contributed by atoms with Crippen LogP contribution in [0.2, 0.25) is 5.02 Å². The lowest BCUT2D eigenvalue weighted by Gasteiger charge is -2.16. The molecule has 2 aliphatic rings. The topological polar surface area (TPSA) is 83.5 Å². The number of imidazole rings is 1. The first-order valence-corrected chi connectivity index (χ1v) is 9.05. The number of aromatic nitrogens is 5. The third-order valence-electron chi connectivity index (χ3n) is 5.45. The highest BCUT2D eigenvalue weighted by Crippen LogP contribution is 2.38. The molecule has 2 fully saturated rings. The molecule has 3 N–H and O–H groups in total. The lowest BCUT2D eigenvalue weighted by molar-refractivity contribution is 0.494. The Balaban J connectivity index is 1.49. The van der Waals surface area contributed by atoms with E-state index < -0.39 is 0 Å². The Kier molecular flexibility index (Phi) is 3.46.